The van der Waals surface area contributed by atoms with E-state index in [-0.39, 0.29) is 12.0 Å². The molecular formula is C15H18N2O2. The molecule has 1 N–H and O–H groups in total. The highest BCUT2D eigenvalue weighted by molar-refractivity contribution is 6.05. The number of nitrogens with zero attached hydrogens (tertiary/aromatic N) is 1. The summed E-state index contributed by atoms with van der Waals surface area (Å²) in [5.74, 6) is 0.0924. The fourth-order valence-corrected chi connectivity index (χ4v) is 2.58. The van der Waals surface area contributed by atoms with Crippen LogP contribution in [0.5, 0.6) is 0 Å². The molecule has 1 aliphatic heterocycles. The summed E-state index contributed by atoms with van der Waals surface area (Å²) in [5, 5.41) is 1.08. The molecule has 0 radical (unpaired) electrons. The minimum absolute atomic E-state index is 0.0924. The van der Waals surface area contributed by atoms with Gasteiger partial charge in [-0.15, -0.1) is 0 Å². The van der Waals surface area contributed by atoms with Gasteiger partial charge in [0.2, 0.25) is 0 Å². The van der Waals surface area contributed by atoms with Crippen LogP contribution in [0.4, 0.5) is 0 Å². The summed E-state index contributed by atoms with van der Waals surface area (Å²) >= 11 is 0. The first kappa shape index (κ1) is 12.2. The van der Waals surface area contributed by atoms with Gasteiger partial charge < -0.3 is 14.6 Å². The predicted octanol–water partition coefficient (Wildman–Crippen LogP) is 2.42. The summed E-state index contributed by atoms with van der Waals surface area (Å²) in [4.78, 5) is 17.7. The number of aromatic nitrogens is 1. The third-order valence-electron chi connectivity index (χ3n) is 3.70. The highest BCUT2D eigenvalue weighted by Gasteiger charge is 2.25. The molecule has 4 heteroatoms. The van der Waals surface area contributed by atoms with E-state index < -0.39 is 0 Å². The minimum Gasteiger partial charge on any atom is -0.375 e. The summed E-state index contributed by atoms with van der Waals surface area (Å²) in [6.07, 6.45) is 2.98. The molecule has 1 atom stereocenters. The molecule has 1 fully saturated rings. The molecule has 1 amide bonds. The zero-order valence-electron chi connectivity index (χ0n) is 11.1. The molecule has 1 aliphatic rings. The van der Waals surface area contributed by atoms with E-state index >= 15 is 0 Å². The maximum atomic E-state index is 12.6. The van der Waals surface area contributed by atoms with Gasteiger partial charge in [0.15, 0.2) is 0 Å². The van der Waals surface area contributed by atoms with E-state index in [1.807, 2.05) is 35.4 Å². The number of ether oxygens (including phenoxy) is 1. The molecule has 0 saturated carbocycles. The zero-order chi connectivity index (χ0) is 13.2. The predicted molar refractivity (Wildman–Crippen MR) is 74.2 cm³/mol. The number of morpholine rings is 1. The molecule has 1 unspecified atom stereocenters. The Morgan fingerprint density at radius 1 is 1.47 bits per heavy atom. The Bertz CT molecular complexity index is 591. The molecular weight excluding hydrogens is 240 g/mol. The summed E-state index contributed by atoms with van der Waals surface area (Å²) in [5.41, 5.74) is 1.67. The van der Waals surface area contributed by atoms with Gasteiger partial charge in [-0.3, -0.25) is 4.79 Å². The zero-order valence-corrected chi connectivity index (χ0v) is 11.1. The number of hydrogen-bond donors (Lipinski definition) is 1. The highest BCUT2D eigenvalue weighted by Crippen LogP contribution is 2.20. The van der Waals surface area contributed by atoms with Crippen LogP contribution >= 0.6 is 0 Å². The Morgan fingerprint density at radius 2 is 2.37 bits per heavy atom. The van der Waals surface area contributed by atoms with Gasteiger partial charge in [-0.2, -0.15) is 0 Å². The molecule has 100 valence electrons. The Balaban J connectivity index is 1.89. The van der Waals surface area contributed by atoms with Crippen molar-refractivity contribution in [2.75, 3.05) is 19.7 Å². The molecule has 2 aromatic rings. The second-order valence-electron chi connectivity index (χ2n) is 4.90. The third kappa shape index (κ3) is 2.24. The Morgan fingerprint density at radius 3 is 3.21 bits per heavy atom. The van der Waals surface area contributed by atoms with E-state index in [9.17, 15) is 4.79 Å². The molecule has 4 nitrogen and oxygen atoms in total. The third-order valence-corrected chi connectivity index (χ3v) is 3.70. The van der Waals surface area contributed by atoms with Gasteiger partial charge in [0, 0.05) is 24.7 Å². The van der Waals surface area contributed by atoms with Crippen molar-refractivity contribution in [3.05, 3.63) is 36.0 Å². The van der Waals surface area contributed by atoms with Crippen molar-refractivity contribution in [3.63, 3.8) is 0 Å². The number of aromatic amines is 1. The minimum atomic E-state index is 0.0924. The molecule has 1 aromatic heterocycles. The van der Waals surface area contributed by atoms with Gasteiger partial charge in [0.1, 0.15) is 0 Å². The van der Waals surface area contributed by atoms with Gasteiger partial charge in [0.25, 0.3) is 5.91 Å². The van der Waals surface area contributed by atoms with Crippen LogP contribution in [0.1, 0.15) is 23.7 Å². The number of carbonyl (C=O) groups is 1. The number of rotatable bonds is 2. The molecule has 1 saturated heterocycles. The first-order valence-corrected chi connectivity index (χ1v) is 6.76. The second-order valence-corrected chi connectivity index (χ2v) is 4.90. The van der Waals surface area contributed by atoms with E-state index in [1.165, 1.54) is 0 Å². The van der Waals surface area contributed by atoms with E-state index in [2.05, 4.69) is 11.9 Å². The number of benzene rings is 1. The van der Waals surface area contributed by atoms with Crippen LogP contribution in [-0.4, -0.2) is 41.6 Å². The molecule has 1 aromatic carbocycles. The van der Waals surface area contributed by atoms with Crippen molar-refractivity contribution in [3.8, 4) is 0 Å². The lowest BCUT2D eigenvalue weighted by molar-refractivity contribution is -0.0225. The number of para-hydroxylation sites is 1. The van der Waals surface area contributed by atoms with Crippen LogP contribution in [0.3, 0.4) is 0 Å². The lowest BCUT2D eigenvalue weighted by Crippen LogP contribution is -2.45. The maximum Gasteiger partial charge on any atom is 0.256 e. The lowest BCUT2D eigenvalue weighted by atomic mass is 10.1. The van der Waals surface area contributed by atoms with Gasteiger partial charge in [-0.1, -0.05) is 19.1 Å². The molecule has 0 bridgehead atoms. The van der Waals surface area contributed by atoms with Crippen molar-refractivity contribution < 1.29 is 9.53 Å². The second kappa shape index (κ2) is 5.05. The topological polar surface area (TPSA) is 45.3 Å². The summed E-state index contributed by atoms with van der Waals surface area (Å²) < 4.78 is 5.61. The average Bonchev–Trinajstić information content (AvgIpc) is 2.95. The first-order chi connectivity index (χ1) is 9.29. The lowest BCUT2D eigenvalue weighted by Gasteiger charge is -2.32. The SMILES string of the molecule is CCC1CN(C(=O)c2cccc3cc[nH]c23)CCO1. The molecule has 2 heterocycles. The number of H-pyrrole nitrogens is 1. The van der Waals surface area contributed by atoms with Crippen molar-refractivity contribution in [2.24, 2.45) is 0 Å². The van der Waals surface area contributed by atoms with E-state index in [1.54, 1.807) is 0 Å². The molecule has 0 spiro atoms. The number of nitrogens with one attached hydrogen (secondary N) is 1. The number of fused-ring (bicyclic) bond motifs is 1. The first-order valence-electron chi connectivity index (χ1n) is 6.76. The number of hydrogen-bond acceptors (Lipinski definition) is 2. The molecule has 19 heavy (non-hydrogen) atoms. The fourth-order valence-electron chi connectivity index (χ4n) is 2.58. The van der Waals surface area contributed by atoms with E-state index in [0.29, 0.717) is 19.7 Å². The summed E-state index contributed by atoms with van der Waals surface area (Å²) in [6, 6.07) is 7.82. The standard InChI is InChI=1S/C15H18N2O2/c1-2-12-10-17(8-9-19-12)15(18)13-5-3-4-11-6-7-16-14(11)13/h3-7,12,16H,2,8-10H2,1H3. The van der Waals surface area contributed by atoms with Gasteiger partial charge >= 0.3 is 0 Å². The van der Waals surface area contributed by atoms with Crippen LogP contribution in [0.15, 0.2) is 30.5 Å². The average molecular weight is 258 g/mol. The number of carbonyl (C=O) groups excluding carboxylic acids is 1. The van der Waals surface area contributed by atoms with Gasteiger partial charge in [-0.25, -0.2) is 0 Å². The van der Waals surface area contributed by atoms with Crippen molar-refractivity contribution in [2.45, 2.75) is 19.4 Å². The number of amides is 1. The van der Waals surface area contributed by atoms with Crippen molar-refractivity contribution in [1.29, 1.82) is 0 Å². The van der Waals surface area contributed by atoms with Crippen LogP contribution < -0.4 is 0 Å². The summed E-state index contributed by atoms with van der Waals surface area (Å²) in [7, 11) is 0. The Hall–Kier alpha value is -1.81. The molecule has 0 aliphatic carbocycles. The highest BCUT2D eigenvalue weighted by atomic mass is 16.5. The van der Waals surface area contributed by atoms with Crippen molar-refractivity contribution >= 4 is 16.8 Å². The smallest absolute Gasteiger partial charge is 0.256 e. The summed E-state index contributed by atoms with van der Waals surface area (Å²) in [6.45, 7) is 4.08. The largest absolute Gasteiger partial charge is 0.375 e. The Labute approximate surface area is 112 Å². The monoisotopic (exact) mass is 258 g/mol. The Kier molecular flexibility index (Phi) is 3.25. The van der Waals surface area contributed by atoms with Gasteiger partial charge in [0.05, 0.1) is 23.8 Å². The van der Waals surface area contributed by atoms with Gasteiger partial charge in [-0.05, 0) is 18.6 Å². The normalized spacial score (nSPS) is 19.8. The van der Waals surface area contributed by atoms with Crippen molar-refractivity contribution in [1.82, 2.24) is 9.88 Å². The quantitative estimate of drug-likeness (QED) is 0.899. The fraction of sp³-hybridized carbons (Fsp3) is 0.400. The van der Waals surface area contributed by atoms with Crippen LogP contribution in [-0.2, 0) is 4.74 Å². The van der Waals surface area contributed by atoms with E-state index in [4.69, 9.17) is 4.74 Å². The van der Waals surface area contributed by atoms with Crippen LogP contribution in [0.2, 0.25) is 0 Å². The maximum absolute atomic E-state index is 12.6. The van der Waals surface area contributed by atoms with E-state index in [0.717, 1.165) is 22.9 Å². The van der Waals surface area contributed by atoms with Crippen LogP contribution in [0, 0.1) is 0 Å². The molecule has 3 rings (SSSR count). The van der Waals surface area contributed by atoms with Crippen LogP contribution in [0.25, 0.3) is 10.9 Å².